The quantitative estimate of drug-likeness (QED) is 0.829. The second-order valence-electron chi connectivity index (χ2n) is 6.24. The minimum absolute atomic E-state index is 0.115. The highest BCUT2D eigenvalue weighted by Crippen LogP contribution is 2.30. The van der Waals surface area contributed by atoms with Crippen LogP contribution in [0.3, 0.4) is 0 Å². The van der Waals surface area contributed by atoms with Crippen LogP contribution in [0.2, 0.25) is 0 Å². The van der Waals surface area contributed by atoms with Gasteiger partial charge >= 0.3 is 0 Å². The molecule has 0 atom stereocenters. The predicted molar refractivity (Wildman–Crippen MR) is 99.4 cm³/mol. The maximum absolute atomic E-state index is 12.5. The Labute approximate surface area is 148 Å². The fourth-order valence-corrected chi connectivity index (χ4v) is 4.92. The zero-order valence-electron chi connectivity index (χ0n) is 13.9. The molecule has 6 heteroatoms. The molecule has 1 saturated carbocycles. The summed E-state index contributed by atoms with van der Waals surface area (Å²) in [6.07, 6.45) is 3.48. The first-order chi connectivity index (χ1) is 12.1. The molecule has 1 aliphatic rings. The van der Waals surface area contributed by atoms with E-state index in [9.17, 15) is 13.2 Å². The van der Waals surface area contributed by atoms with Crippen LogP contribution in [-0.4, -0.2) is 26.1 Å². The number of hydrogen-bond donors (Lipinski definition) is 2. The van der Waals surface area contributed by atoms with Crippen molar-refractivity contribution in [1.29, 1.82) is 0 Å². The summed E-state index contributed by atoms with van der Waals surface area (Å²) in [5, 5.41) is 5.55. The molecule has 1 fully saturated rings. The molecule has 0 saturated heterocycles. The maximum Gasteiger partial charge on any atom is 0.243 e. The van der Waals surface area contributed by atoms with E-state index in [2.05, 4.69) is 10.6 Å². The van der Waals surface area contributed by atoms with Crippen LogP contribution in [0.4, 0.5) is 11.4 Å². The van der Waals surface area contributed by atoms with Crippen molar-refractivity contribution in [2.24, 2.45) is 0 Å². The molecule has 0 unspecified atom stereocenters. The molecule has 0 bridgehead atoms. The molecule has 0 heterocycles. The number of hydrogen-bond acceptors (Lipinski definition) is 4. The molecule has 0 aromatic heterocycles. The van der Waals surface area contributed by atoms with Gasteiger partial charge in [0.1, 0.15) is 0 Å². The zero-order chi connectivity index (χ0) is 17.7. The minimum atomic E-state index is -3.23. The SMILES string of the molecule is O=C(CNc1ccc(S(=O)(=O)C2CCCC2)cc1)Nc1ccccc1. The second-order valence-corrected chi connectivity index (χ2v) is 8.47. The Morgan fingerprint density at radius 1 is 0.920 bits per heavy atom. The third kappa shape index (κ3) is 4.39. The third-order valence-electron chi connectivity index (χ3n) is 4.43. The molecular formula is C19H22N2O3S. The van der Waals surface area contributed by atoms with Crippen LogP contribution in [0.15, 0.2) is 59.5 Å². The molecular weight excluding hydrogens is 336 g/mol. The monoisotopic (exact) mass is 358 g/mol. The number of carbonyl (C=O) groups excluding carboxylic acids is 1. The highest BCUT2D eigenvalue weighted by Gasteiger charge is 2.29. The van der Waals surface area contributed by atoms with Gasteiger partial charge in [0.15, 0.2) is 9.84 Å². The smallest absolute Gasteiger partial charge is 0.243 e. The molecule has 1 aliphatic carbocycles. The van der Waals surface area contributed by atoms with Gasteiger partial charge in [0.2, 0.25) is 5.91 Å². The van der Waals surface area contributed by atoms with Gasteiger partial charge in [-0.15, -0.1) is 0 Å². The van der Waals surface area contributed by atoms with Gasteiger partial charge < -0.3 is 10.6 Å². The lowest BCUT2D eigenvalue weighted by Gasteiger charge is -2.12. The fraction of sp³-hybridized carbons (Fsp3) is 0.316. The Hall–Kier alpha value is -2.34. The number of nitrogens with one attached hydrogen (secondary N) is 2. The molecule has 2 aromatic rings. The Kier molecular flexibility index (Phi) is 5.38. The lowest BCUT2D eigenvalue weighted by atomic mass is 10.3. The maximum atomic E-state index is 12.5. The number of para-hydroxylation sites is 1. The summed E-state index contributed by atoms with van der Waals surface area (Å²) in [5.41, 5.74) is 1.46. The van der Waals surface area contributed by atoms with Crippen LogP contribution in [0.25, 0.3) is 0 Å². The van der Waals surface area contributed by atoms with E-state index < -0.39 is 9.84 Å². The lowest BCUT2D eigenvalue weighted by Crippen LogP contribution is -2.21. The molecule has 2 N–H and O–H groups in total. The molecule has 5 nitrogen and oxygen atoms in total. The van der Waals surface area contributed by atoms with Crippen molar-refractivity contribution in [2.45, 2.75) is 35.8 Å². The minimum Gasteiger partial charge on any atom is -0.376 e. The van der Waals surface area contributed by atoms with Crippen LogP contribution in [0.1, 0.15) is 25.7 Å². The van der Waals surface area contributed by atoms with Gasteiger partial charge in [-0.1, -0.05) is 31.0 Å². The van der Waals surface area contributed by atoms with Gasteiger partial charge in [0, 0.05) is 11.4 Å². The van der Waals surface area contributed by atoms with E-state index in [1.54, 1.807) is 24.3 Å². The first kappa shape index (κ1) is 17.5. The van der Waals surface area contributed by atoms with E-state index in [0.29, 0.717) is 10.6 Å². The van der Waals surface area contributed by atoms with Gasteiger partial charge in [-0.2, -0.15) is 0 Å². The first-order valence-electron chi connectivity index (χ1n) is 8.48. The number of anilines is 2. The lowest BCUT2D eigenvalue weighted by molar-refractivity contribution is -0.114. The van der Waals surface area contributed by atoms with Crippen LogP contribution < -0.4 is 10.6 Å². The van der Waals surface area contributed by atoms with Crippen molar-refractivity contribution >= 4 is 27.1 Å². The van der Waals surface area contributed by atoms with Gasteiger partial charge in [-0.05, 0) is 49.2 Å². The van der Waals surface area contributed by atoms with Gasteiger partial charge in [-0.25, -0.2) is 8.42 Å². The largest absolute Gasteiger partial charge is 0.376 e. The van der Waals surface area contributed by atoms with E-state index in [1.165, 1.54) is 0 Å². The van der Waals surface area contributed by atoms with Crippen LogP contribution in [-0.2, 0) is 14.6 Å². The van der Waals surface area contributed by atoms with Crippen LogP contribution >= 0.6 is 0 Å². The van der Waals surface area contributed by atoms with Gasteiger partial charge in [0.25, 0.3) is 0 Å². The molecule has 0 radical (unpaired) electrons. The highest BCUT2D eigenvalue weighted by molar-refractivity contribution is 7.92. The Morgan fingerprint density at radius 3 is 2.20 bits per heavy atom. The van der Waals surface area contributed by atoms with Crippen molar-refractivity contribution in [3.8, 4) is 0 Å². The molecule has 0 aliphatic heterocycles. The van der Waals surface area contributed by atoms with Gasteiger partial charge in [0.05, 0.1) is 16.7 Å². The van der Waals surface area contributed by atoms with E-state index in [4.69, 9.17) is 0 Å². The summed E-state index contributed by atoms with van der Waals surface area (Å²) in [6.45, 7) is 0.115. The van der Waals surface area contributed by atoms with E-state index >= 15 is 0 Å². The first-order valence-corrected chi connectivity index (χ1v) is 10.0. The Bertz CT molecular complexity index is 812. The van der Waals surface area contributed by atoms with E-state index in [-0.39, 0.29) is 17.7 Å². The second kappa shape index (κ2) is 7.70. The summed E-state index contributed by atoms with van der Waals surface area (Å²) in [7, 11) is -3.23. The number of amides is 1. The summed E-state index contributed by atoms with van der Waals surface area (Å²) in [4.78, 5) is 12.3. The molecule has 3 rings (SSSR count). The zero-order valence-corrected chi connectivity index (χ0v) is 14.8. The normalized spacial score (nSPS) is 15.0. The predicted octanol–water partition coefficient (Wildman–Crippen LogP) is 3.45. The highest BCUT2D eigenvalue weighted by atomic mass is 32.2. The molecule has 25 heavy (non-hydrogen) atoms. The summed E-state index contributed by atoms with van der Waals surface area (Å²) >= 11 is 0. The van der Waals surface area contributed by atoms with Crippen molar-refractivity contribution in [2.75, 3.05) is 17.2 Å². The number of benzene rings is 2. The van der Waals surface area contributed by atoms with E-state index in [0.717, 1.165) is 31.4 Å². The van der Waals surface area contributed by atoms with Crippen molar-refractivity contribution in [3.63, 3.8) is 0 Å². The number of sulfone groups is 1. The summed E-state index contributed by atoms with van der Waals surface area (Å²) < 4.78 is 25.1. The van der Waals surface area contributed by atoms with E-state index in [1.807, 2.05) is 30.3 Å². The summed E-state index contributed by atoms with van der Waals surface area (Å²) in [6, 6.07) is 15.9. The van der Waals surface area contributed by atoms with Crippen LogP contribution in [0, 0.1) is 0 Å². The average molecular weight is 358 g/mol. The van der Waals surface area contributed by atoms with Crippen molar-refractivity contribution in [3.05, 3.63) is 54.6 Å². The van der Waals surface area contributed by atoms with Gasteiger partial charge in [-0.3, -0.25) is 4.79 Å². The fourth-order valence-electron chi connectivity index (χ4n) is 3.06. The molecule has 1 amide bonds. The number of carbonyl (C=O) groups is 1. The van der Waals surface area contributed by atoms with Crippen molar-refractivity contribution in [1.82, 2.24) is 0 Å². The van der Waals surface area contributed by atoms with Crippen LogP contribution in [0.5, 0.6) is 0 Å². The van der Waals surface area contributed by atoms with Crippen molar-refractivity contribution < 1.29 is 13.2 Å². The summed E-state index contributed by atoms with van der Waals surface area (Å²) in [5.74, 6) is -0.158. The average Bonchev–Trinajstić information content (AvgIpc) is 3.17. The molecule has 2 aromatic carbocycles. The standard InChI is InChI=1S/C19H22N2O3S/c22-19(21-16-6-2-1-3-7-16)14-20-15-10-12-18(13-11-15)25(23,24)17-8-4-5-9-17/h1-3,6-7,10-13,17,20H,4-5,8-9,14H2,(H,21,22). The Morgan fingerprint density at radius 2 is 1.56 bits per heavy atom. The third-order valence-corrected chi connectivity index (χ3v) is 6.71. The molecule has 0 spiro atoms. The molecule has 132 valence electrons. The topological polar surface area (TPSA) is 75.3 Å². The Balaban J connectivity index is 1.56. The number of rotatable bonds is 6.